The van der Waals surface area contributed by atoms with Crippen molar-refractivity contribution in [2.75, 3.05) is 0 Å². The third kappa shape index (κ3) is 3.53. The third-order valence-electron chi connectivity index (χ3n) is 4.54. The number of fused-ring (bicyclic) bond motifs is 1. The van der Waals surface area contributed by atoms with Gasteiger partial charge in [-0.05, 0) is 23.8 Å². The van der Waals surface area contributed by atoms with E-state index in [-0.39, 0.29) is 23.6 Å². The number of benzene rings is 2. The summed E-state index contributed by atoms with van der Waals surface area (Å²) < 4.78 is 14.4. The first-order chi connectivity index (χ1) is 14.4. The number of nitro benzene ring substituents is 1. The lowest BCUT2D eigenvalue weighted by atomic mass is 10.0. The Morgan fingerprint density at radius 2 is 2.00 bits per heavy atom. The van der Waals surface area contributed by atoms with Gasteiger partial charge in [-0.1, -0.05) is 24.3 Å². The molecule has 0 aliphatic heterocycles. The highest BCUT2D eigenvalue weighted by molar-refractivity contribution is 5.92. The lowest BCUT2D eigenvalue weighted by molar-refractivity contribution is -0.384. The molecule has 0 spiro atoms. The predicted molar refractivity (Wildman–Crippen MR) is 106 cm³/mol. The Labute approximate surface area is 168 Å². The molecular weight excluding hydrogens is 393 g/mol. The molecule has 9 nitrogen and oxygen atoms in total. The van der Waals surface area contributed by atoms with Gasteiger partial charge in [0.1, 0.15) is 11.6 Å². The van der Waals surface area contributed by atoms with Crippen LogP contribution in [0.2, 0.25) is 0 Å². The van der Waals surface area contributed by atoms with E-state index >= 15 is 0 Å². The van der Waals surface area contributed by atoms with Gasteiger partial charge in [0.05, 0.1) is 16.0 Å². The number of amides is 1. The minimum Gasteiger partial charge on any atom is -0.465 e. The number of halogens is 1. The number of nitro groups is 1. The Morgan fingerprint density at radius 3 is 2.73 bits per heavy atom. The van der Waals surface area contributed by atoms with Crippen LogP contribution in [-0.2, 0) is 6.54 Å². The standard InChI is InChI=1S/C20H14FN5O4/c21-15-9-11(5-6-12(15)10-23-20(27)28)13-7-8-22-19-17(13)24-18(25-19)14-3-1-2-4-16(14)26(29)30/h1-9,23H,10H2,(H,27,28)(H,22,24,25). The normalized spacial score (nSPS) is 10.8. The number of imidazole rings is 1. The van der Waals surface area contributed by atoms with Crippen LogP contribution < -0.4 is 5.32 Å². The van der Waals surface area contributed by atoms with Crippen molar-refractivity contribution in [3.63, 3.8) is 0 Å². The SMILES string of the molecule is O=C(O)NCc1ccc(-c2ccnc3nc(-c4ccccc4[N+](=O)[O-])[nH]c23)cc1F. The molecule has 1 amide bonds. The number of aromatic nitrogens is 3. The molecule has 4 rings (SSSR count). The highest BCUT2D eigenvalue weighted by Crippen LogP contribution is 2.32. The average molecular weight is 407 g/mol. The second kappa shape index (κ2) is 7.59. The fraction of sp³-hybridized carbons (Fsp3) is 0.0500. The fourth-order valence-corrected chi connectivity index (χ4v) is 3.14. The number of hydrogen-bond acceptors (Lipinski definition) is 5. The lowest BCUT2D eigenvalue weighted by Crippen LogP contribution is -2.20. The van der Waals surface area contributed by atoms with E-state index in [1.54, 1.807) is 30.3 Å². The van der Waals surface area contributed by atoms with E-state index < -0.39 is 16.8 Å². The second-order valence-electron chi connectivity index (χ2n) is 6.38. The van der Waals surface area contributed by atoms with E-state index in [1.165, 1.54) is 24.4 Å². The van der Waals surface area contributed by atoms with Gasteiger partial charge in [0.2, 0.25) is 0 Å². The molecule has 0 atom stereocenters. The summed E-state index contributed by atoms with van der Waals surface area (Å²) in [4.78, 5) is 33.1. The number of aromatic amines is 1. The molecule has 4 aromatic rings. The molecule has 2 aromatic carbocycles. The van der Waals surface area contributed by atoms with Crippen LogP contribution in [0.5, 0.6) is 0 Å². The largest absolute Gasteiger partial charge is 0.465 e. The van der Waals surface area contributed by atoms with Crippen molar-refractivity contribution in [3.05, 3.63) is 76.2 Å². The van der Waals surface area contributed by atoms with Gasteiger partial charge in [0, 0.05) is 29.9 Å². The highest BCUT2D eigenvalue weighted by Gasteiger charge is 2.19. The summed E-state index contributed by atoms with van der Waals surface area (Å²) in [6.45, 7) is -0.154. The Balaban J connectivity index is 1.78. The maximum absolute atomic E-state index is 14.4. The molecule has 0 unspecified atom stereocenters. The van der Waals surface area contributed by atoms with Crippen molar-refractivity contribution in [2.24, 2.45) is 0 Å². The summed E-state index contributed by atoms with van der Waals surface area (Å²) in [5.41, 5.74) is 2.38. The van der Waals surface area contributed by atoms with Crippen molar-refractivity contribution in [2.45, 2.75) is 6.54 Å². The number of para-hydroxylation sites is 1. The summed E-state index contributed by atoms with van der Waals surface area (Å²) in [7, 11) is 0. The zero-order chi connectivity index (χ0) is 21.3. The van der Waals surface area contributed by atoms with Crippen LogP contribution in [0.15, 0.2) is 54.7 Å². The van der Waals surface area contributed by atoms with Crippen molar-refractivity contribution in [1.82, 2.24) is 20.3 Å². The van der Waals surface area contributed by atoms with Gasteiger partial charge < -0.3 is 15.4 Å². The van der Waals surface area contributed by atoms with E-state index in [0.717, 1.165) is 0 Å². The van der Waals surface area contributed by atoms with Crippen LogP contribution >= 0.6 is 0 Å². The average Bonchev–Trinajstić information content (AvgIpc) is 3.17. The number of carboxylic acid groups (broad SMARTS) is 1. The summed E-state index contributed by atoms with van der Waals surface area (Å²) in [6, 6.07) is 12.3. The predicted octanol–water partition coefficient (Wildman–Crippen LogP) is 4.11. The molecule has 0 fully saturated rings. The third-order valence-corrected chi connectivity index (χ3v) is 4.54. The molecular formula is C20H14FN5O4. The van der Waals surface area contributed by atoms with Crippen LogP contribution in [-0.4, -0.2) is 31.1 Å². The Kier molecular flexibility index (Phi) is 4.80. The van der Waals surface area contributed by atoms with Crippen molar-refractivity contribution < 1.29 is 19.2 Å². The molecule has 2 heterocycles. The van der Waals surface area contributed by atoms with Gasteiger partial charge in [-0.15, -0.1) is 0 Å². The topological polar surface area (TPSA) is 134 Å². The smallest absolute Gasteiger partial charge is 0.404 e. The van der Waals surface area contributed by atoms with Crippen LogP contribution in [0.4, 0.5) is 14.9 Å². The molecule has 2 aromatic heterocycles. The molecule has 3 N–H and O–H groups in total. The van der Waals surface area contributed by atoms with Gasteiger partial charge in [0.15, 0.2) is 5.65 Å². The minimum absolute atomic E-state index is 0.0977. The molecule has 0 saturated carbocycles. The summed E-state index contributed by atoms with van der Waals surface area (Å²) >= 11 is 0. The monoisotopic (exact) mass is 407 g/mol. The number of nitrogens with one attached hydrogen (secondary N) is 2. The quantitative estimate of drug-likeness (QED) is 0.337. The molecule has 150 valence electrons. The van der Waals surface area contributed by atoms with E-state index in [9.17, 15) is 19.3 Å². The van der Waals surface area contributed by atoms with Gasteiger partial charge >= 0.3 is 6.09 Å². The molecule has 0 radical (unpaired) electrons. The van der Waals surface area contributed by atoms with E-state index in [0.29, 0.717) is 27.9 Å². The number of carbonyl (C=O) groups is 1. The lowest BCUT2D eigenvalue weighted by Gasteiger charge is -2.07. The number of hydrogen-bond donors (Lipinski definition) is 3. The molecule has 30 heavy (non-hydrogen) atoms. The molecule has 0 aliphatic carbocycles. The summed E-state index contributed by atoms with van der Waals surface area (Å²) in [5, 5.41) is 22.1. The number of H-pyrrole nitrogens is 1. The summed E-state index contributed by atoms with van der Waals surface area (Å²) in [6.07, 6.45) is 0.272. The van der Waals surface area contributed by atoms with Crippen LogP contribution in [0.1, 0.15) is 5.56 Å². The number of nitrogens with zero attached hydrogens (tertiary/aromatic N) is 3. The Morgan fingerprint density at radius 1 is 1.20 bits per heavy atom. The Hall–Kier alpha value is -4.34. The van der Waals surface area contributed by atoms with Crippen LogP contribution in [0.3, 0.4) is 0 Å². The maximum atomic E-state index is 14.4. The van der Waals surface area contributed by atoms with Gasteiger partial charge in [-0.3, -0.25) is 10.1 Å². The number of rotatable bonds is 5. The summed E-state index contributed by atoms with van der Waals surface area (Å²) in [5.74, 6) is -0.287. The first kappa shape index (κ1) is 19.0. The van der Waals surface area contributed by atoms with Gasteiger partial charge in [-0.25, -0.2) is 19.2 Å². The molecule has 10 heteroatoms. The highest BCUT2D eigenvalue weighted by atomic mass is 19.1. The molecule has 0 bridgehead atoms. The van der Waals surface area contributed by atoms with E-state index in [2.05, 4.69) is 20.3 Å². The van der Waals surface area contributed by atoms with Crippen molar-refractivity contribution in [3.8, 4) is 22.5 Å². The zero-order valence-electron chi connectivity index (χ0n) is 15.3. The van der Waals surface area contributed by atoms with E-state index in [1.807, 2.05) is 0 Å². The second-order valence-corrected chi connectivity index (χ2v) is 6.38. The zero-order valence-corrected chi connectivity index (χ0v) is 15.3. The Bertz CT molecular complexity index is 1290. The van der Waals surface area contributed by atoms with Crippen LogP contribution in [0.25, 0.3) is 33.7 Å². The minimum atomic E-state index is -1.24. The van der Waals surface area contributed by atoms with Gasteiger partial charge in [-0.2, -0.15) is 0 Å². The van der Waals surface area contributed by atoms with Crippen molar-refractivity contribution in [1.29, 1.82) is 0 Å². The number of pyridine rings is 1. The fourth-order valence-electron chi connectivity index (χ4n) is 3.14. The van der Waals surface area contributed by atoms with Crippen LogP contribution in [0, 0.1) is 15.9 Å². The molecule has 0 saturated heterocycles. The first-order valence-corrected chi connectivity index (χ1v) is 8.78. The van der Waals surface area contributed by atoms with Gasteiger partial charge in [0.25, 0.3) is 5.69 Å². The van der Waals surface area contributed by atoms with E-state index in [4.69, 9.17) is 5.11 Å². The molecule has 0 aliphatic rings. The van der Waals surface area contributed by atoms with Crippen molar-refractivity contribution >= 4 is 22.9 Å². The maximum Gasteiger partial charge on any atom is 0.404 e. The first-order valence-electron chi connectivity index (χ1n) is 8.78.